The molecule has 0 radical (unpaired) electrons. The number of amides is 3. The van der Waals surface area contributed by atoms with Crippen molar-refractivity contribution in [3.05, 3.63) is 33.3 Å². The van der Waals surface area contributed by atoms with Gasteiger partial charge in [0.1, 0.15) is 6.04 Å². The minimum absolute atomic E-state index is 0.131. The van der Waals surface area contributed by atoms with Crippen LogP contribution >= 0.6 is 15.9 Å². The average Bonchev–Trinajstić information content (AvgIpc) is 2.72. The Hall–Kier alpha value is -1.69. The van der Waals surface area contributed by atoms with Gasteiger partial charge in [-0.2, -0.15) is 0 Å². The van der Waals surface area contributed by atoms with E-state index >= 15 is 0 Å². The normalized spacial score (nSPS) is 22.0. The summed E-state index contributed by atoms with van der Waals surface area (Å²) in [6, 6.07) is 3.26. The Morgan fingerprint density at radius 1 is 1.30 bits per heavy atom. The van der Waals surface area contributed by atoms with Crippen molar-refractivity contribution in [1.29, 1.82) is 0 Å². The van der Waals surface area contributed by atoms with Gasteiger partial charge in [0.2, 0.25) is 11.8 Å². The number of hydrogen-bond acceptors (Lipinski definition) is 3. The summed E-state index contributed by atoms with van der Waals surface area (Å²) in [5, 5.41) is 2.30. The molecule has 20 heavy (non-hydrogen) atoms. The fourth-order valence-corrected chi connectivity index (χ4v) is 3.13. The second-order valence-electron chi connectivity index (χ2n) is 5.11. The molecule has 6 heteroatoms. The number of fused-ring (bicyclic) bond motifs is 1. The van der Waals surface area contributed by atoms with Gasteiger partial charge in [0, 0.05) is 23.0 Å². The molecule has 3 amide bonds. The summed E-state index contributed by atoms with van der Waals surface area (Å²) >= 11 is 3.42. The Morgan fingerprint density at radius 3 is 2.75 bits per heavy atom. The molecule has 1 fully saturated rings. The Bertz CT molecular complexity index is 642. The summed E-state index contributed by atoms with van der Waals surface area (Å²) in [6.45, 7) is 2.31. The summed E-state index contributed by atoms with van der Waals surface area (Å²) < 4.78 is 0.884. The summed E-state index contributed by atoms with van der Waals surface area (Å²) in [6.07, 6.45) is 0.670. The molecule has 1 saturated heterocycles. The Morgan fingerprint density at radius 2 is 2.05 bits per heavy atom. The minimum atomic E-state index is -0.550. The van der Waals surface area contributed by atoms with Crippen molar-refractivity contribution in [2.45, 2.75) is 32.4 Å². The molecule has 2 aliphatic rings. The minimum Gasteiger partial charge on any atom is -0.322 e. The summed E-state index contributed by atoms with van der Waals surface area (Å²) in [4.78, 5) is 37.2. The lowest BCUT2D eigenvalue weighted by Crippen LogP contribution is -2.52. The molecule has 104 valence electrons. The molecule has 1 aromatic carbocycles. The van der Waals surface area contributed by atoms with Crippen LogP contribution in [0.25, 0.3) is 0 Å². The highest BCUT2D eigenvalue weighted by Crippen LogP contribution is 2.32. The molecule has 0 spiro atoms. The van der Waals surface area contributed by atoms with E-state index in [4.69, 9.17) is 0 Å². The van der Waals surface area contributed by atoms with Crippen molar-refractivity contribution in [1.82, 2.24) is 10.2 Å². The lowest BCUT2D eigenvalue weighted by atomic mass is 10.0. The number of nitrogens with one attached hydrogen (secondary N) is 1. The van der Waals surface area contributed by atoms with Gasteiger partial charge in [0.25, 0.3) is 5.91 Å². The van der Waals surface area contributed by atoms with E-state index in [2.05, 4.69) is 21.2 Å². The number of halogens is 1. The molecule has 0 aliphatic carbocycles. The summed E-state index contributed by atoms with van der Waals surface area (Å²) in [7, 11) is 0. The molecular weight excluding hydrogens is 324 g/mol. The smallest absolute Gasteiger partial charge is 0.255 e. The van der Waals surface area contributed by atoms with Crippen LogP contribution in [0, 0.1) is 6.92 Å². The molecular formula is C14H13BrN2O3. The largest absolute Gasteiger partial charge is 0.322 e. The van der Waals surface area contributed by atoms with Crippen molar-refractivity contribution in [3.63, 3.8) is 0 Å². The molecule has 0 bridgehead atoms. The van der Waals surface area contributed by atoms with Crippen LogP contribution in [0.4, 0.5) is 0 Å². The molecule has 5 nitrogen and oxygen atoms in total. The van der Waals surface area contributed by atoms with Crippen LogP contribution in [0.15, 0.2) is 16.6 Å². The predicted molar refractivity (Wildman–Crippen MR) is 74.9 cm³/mol. The summed E-state index contributed by atoms with van der Waals surface area (Å²) in [5.41, 5.74) is 2.49. The number of hydrogen-bond donors (Lipinski definition) is 1. The van der Waals surface area contributed by atoms with Crippen LogP contribution in [0.2, 0.25) is 0 Å². The number of carbonyl (C=O) groups is 3. The van der Waals surface area contributed by atoms with E-state index in [1.54, 1.807) is 4.90 Å². The monoisotopic (exact) mass is 336 g/mol. The molecule has 3 rings (SSSR count). The van der Waals surface area contributed by atoms with Crippen LogP contribution < -0.4 is 5.32 Å². The van der Waals surface area contributed by atoms with Crippen molar-refractivity contribution < 1.29 is 14.4 Å². The zero-order valence-electron chi connectivity index (χ0n) is 10.9. The first-order valence-corrected chi connectivity index (χ1v) is 7.21. The first kappa shape index (κ1) is 13.3. The summed E-state index contributed by atoms with van der Waals surface area (Å²) in [5.74, 6) is -0.776. The van der Waals surface area contributed by atoms with Crippen molar-refractivity contribution in [3.8, 4) is 0 Å². The van der Waals surface area contributed by atoms with Gasteiger partial charge in [0.05, 0.1) is 0 Å². The van der Waals surface area contributed by atoms with E-state index in [1.807, 2.05) is 19.1 Å². The van der Waals surface area contributed by atoms with E-state index < -0.39 is 6.04 Å². The molecule has 2 heterocycles. The molecule has 2 aliphatic heterocycles. The van der Waals surface area contributed by atoms with Crippen molar-refractivity contribution in [2.75, 3.05) is 0 Å². The van der Waals surface area contributed by atoms with Crippen LogP contribution in [0.5, 0.6) is 0 Å². The van der Waals surface area contributed by atoms with Gasteiger partial charge < -0.3 is 4.90 Å². The van der Waals surface area contributed by atoms with E-state index in [-0.39, 0.29) is 24.1 Å². The number of piperidine rings is 1. The maximum Gasteiger partial charge on any atom is 0.255 e. The molecule has 1 unspecified atom stereocenters. The first-order valence-electron chi connectivity index (χ1n) is 6.41. The molecule has 0 aromatic heterocycles. The number of imide groups is 1. The maximum absolute atomic E-state index is 12.5. The third-order valence-electron chi connectivity index (χ3n) is 3.89. The van der Waals surface area contributed by atoms with Gasteiger partial charge >= 0.3 is 0 Å². The Kier molecular flexibility index (Phi) is 3.12. The first-order chi connectivity index (χ1) is 9.49. The third-order valence-corrected chi connectivity index (χ3v) is 4.75. The zero-order chi connectivity index (χ0) is 14.4. The third kappa shape index (κ3) is 1.95. The topological polar surface area (TPSA) is 66.5 Å². The second-order valence-corrected chi connectivity index (χ2v) is 5.96. The predicted octanol–water partition coefficient (Wildman–Crippen LogP) is 1.52. The van der Waals surface area contributed by atoms with E-state index in [0.29, 0.717) is 18.5 Å². The lowest BCUT2D eigenvalue weighted by Gasteiger charge is -2.29. The molecule has 1 atom stereocenters. The molecule has 0 saturated carbocycles. The van der Waals surface area contributed by atoms with Crippen LogP contribution in [0.3, 0.4) is 0 Å². The number of rotatable bonds is 1. The quantitative estimate of drug-likeness (QED) is 0.790. The van der Waals surface area contributed by atoms with Crippen LogP contribution in [0.1, 0.15) is 34.3 Å². The van der Waals surface area contributed by atoms with Gasteiger partial charge in [-0.1, -0.05) is 22.0 Å². The van der Waals surface area contributed by atoms with Crippen molar-refractivity contribution in [2.24, 2.45) is 0 Å². The van der Waals surface area contributed by atoms with Gasteiger partial charge in [-0.25, -0.2) is 0 Å². The maximum atomic E-state index is 12.5. The number of nitrogens with zero attached hydrogens (tertiary/aromatic N) is 1. The van der Waals surface area contributed by atoms with Crippen LogP contribution in [-0.4, -0.2) is 28.7 Å². The zero-order valence-corrected chi connectivity index (χ0v) is 12.5. The van der Waals surface area contributed by atoms with Gasteiger partial charge in [0.15, 0.2) is 0 Å². The van der Waals surface area contributed by atoms with E-state index in [1.165, 1.54) is 0 Å². The fraction of sp³-hybridized carbons (Fsp3) is 0.357. The highest BCUT2D eigenvalue weighted by molar-refractivity contribution is 9.10. The fourth-order valence-electron chi connectivity index (χ4n) is 2.80. The Labute approximate surface area is 124 Å². The van der Waals surface area contributed by atoms with E-state index in [9.17, 15) is 14.4 Å². The SMILES string of the molecule is Cc1c(Br)ccc2c1C(=O)N(C1CCC(=O)NC1=O)C2. The number of benzene rings is 1. The van der Waals surface area contributed by atoms with Gasteiger partial charge in [-0.15, -0.1) is 0 Å². The second kappa shape index (κ2) is 4.70. The average molecular weight is 337 g/mol. The van der Waals surface area contributed by atoms with Gasteiger partial charge in [-0.05, 0) is 30.5 Å². The highest BCUT2D eigenvalue weighted by Gasteiger charge is 2.39. The number of carbonyl (C=O) groups excluding carboxylic acids is 3. The highest BCUT2D eigenvalue weighted by atomic mass is 79.9. The standard InChI is InChI=1S/C14H13BrN2O3/c1-7-9(15)3-2-8-6-17(14(20)12(7)8)10-4-5-11(18)16-13(10)19/h2-3,10H,4-6H2,1H3,(H,16,18,19). The molecule has 1 aromatic rings. The van der Waals surface area contributed by atoms with Crippen molar-refractivity contribution >= 4 is 33.7 Å². The van der Waals surface area contributed by atoms with Crippen LogP contribution in [-0.2, 0) is 16.1 Å². The van der Waals surface area contributed by atoms with E-state index in [0.717, 1.165) is 15.6 Å². The van der Waals surface area contributed by atoms with Gasteiger partial charge in [-0.3, -0.25) is 19.7 Å². The lowest BCUT2D eigenvalue weighted by molar-refractivity contribution is -0.136. The molecule has 1 N–H and O–H groups in total. The Balaban J connectivity index is 1.93.